The number of hydrogen-bond donors (Lipinski definition) is 1. The van der Waals surface area contributed by atoms with Gasteiger partial charge in [-0.15, -0.1) is 0 Å². The van der Waals surface area contributed by atoms with Crippen molar-refractivity contribution in [2.24, 2.45) is 0 Å². The van der Waals surface area contributed by atoms with E-state index in [-0.39, 0.29) is 0 Å². The largest absolute Gasteiger partial charge is 0.316 e. The third kappa shape index (κ3) is 3.45. The summed E-state index contributed by atoms with van der Waals surface area (Å²) < 4.78 is 0. The monoisotopic (exact) mass is 311 g/mol. The van der Waals surface area contributed by atoms with Crippen LogP contribution in [0.4, 0.5) is 0 Å². The third-order valence-electron chi connectivity index (χ3n) is 3.92. The van der Waals surface area contributed by atoms with Gasteiger partial charge in [0.15, 0.2) is 0 Å². The average molecular weight is 311 g/mol. The Morgan fingerprint density at radius 3 is 2.41 bits per heavy atom. The number of rotatable bonds is 3. The molecule has 22 heavy (non-hydrogen) atoms. The molecule has 1 saturated heterocycles. The van der Waals surface area contributed by atoms with Crippen molar-refractivity contribution >= 4 is 11.8 Å². The van der Waals surface area contributed by atoms with Gasteiger partial charge < -0.3 is 5.32 Å². The maximum absolute atomic E-state index is 4.02. The first-order valence-electron chi connectivity index (χ1n) is 7.87. The van der Waals surface area contributed by atoms with Crippen molar-refractivity contribution in [1.29, 1.82) is 0 Å². The van der Waals surface area contributed by atoms with Crippen LogP contribution in [0.3, 0.4) is 0 Å². The molecule has 2 aliphatic heterocycles. The van der Waals surface area contributed by atoms with E-state index in [0.717, 1.165) is 25.9 Å². The van der Waals surface area contributed by atoms with Crippen LogP contribution in [0.5, 0.6) is 0 Å². The number of piperidine rings is 1. The summed E-state index contributed by atoms with van der Waals surface area (Å²) in [5.41, 5.74) is 5.54. The van der Waals surface area contributed by atoms with E-state index >= 15 is 0 Å². The van der Waals surface area contributed by atoms with E-state index in [0.29, 0.717) is 0 Å². The van der Waals surface area contributed by atoms with Gasteiger partial charge in [-0.3, -0.25) is 0 Å². The summed E-state index contributed by atoms with van der Waals surface area (Å²) >= 11 is 1.80. The van der Waals surface area contributed by atoms with Crippen molar-refractivity contribution in [3.8, 4) is 0 Å². The highest BCUT2D eigenvalue weighted by Gasteiger charge is 2.26. The molecule has 0 amide bonds. The van der Waals surface area contributed by atoms with Crippen LogP contribution in [0.25, 0.3) is 0 Å². The van der Waals surface area contributed by atoms with Gasteiger partial charge in [-0.05, 0) is 56.5 Å². The van der Waals surface area contributed by atoms with E-state index in [2.05, 4.69) is 56.6 Å². The first-order valence-corrected chi connectivity index (χ1v) is 8.68. The van der Waals surface area contributed by atoms with Gasteiger partial charge in [-0.25, -0.2) is 0 Å². The van der Waals surface area contributed by atoms with Crippen molar-refractivity contribution in [1.82, 2.24) is 5.32 Å². The van der Waals surface area contributed by atoms with Crippen LogP contribution in [0.15, 0.2) is 81.7 Å². The summed E-state index contributed by atoms with van der Waals surface area (Å²) in [6.07, 6.45) is 14.8. The first-order chi connectivity index (χ1) is 10.8. The predicted octanol–water partition coefficient (Wildman–Crippen LogP) is 5.45. The molecule has 2 heteroatoms. The van der Waals surface area contributed by atoms with E-state index in [1.807, 2.05) is 12.2 Å². The zero-order valence-electron chi connectivity index (χ0n) is 13.6. The molecule has 0 aromatic heterocycles. The molecule has 0 unspecified atom stereocenters. The van der Waals surface area contributed by atoms with Crippen LogP contribution in [0.2, 0.25) is 0 Å². The fourth-order valence-corrected chi connectivity index (χ4v) is 3.96. The molecule has 2 rings (SSSR count). The van der Waals surface area contributed by atoms with E-state index in [4.69, 9.17) is 0 Å². The molecule has 1 nitrogen and oxygen atoms in total. The topological polar surface area (TPSA) is 12.0 Å². The van der Waals surface area contributed by atoms with E-state index in [1.165, 1.54) is 26.5 Å². The van der Waals surface area contributed by atoms with Crippen LogP contribution >= 0.6 is 11.8 Å². The lowest BCUT2D eigenvalue weighted by Crippen LogP contribution is -2.24. The Kier molecular flexibility index (Phi) is 6.29. The van der Waals surface area contributed by atoms with Crippen LogP contribution in [-0.4, -0.2) is 13.1 Å². The average Bonchev–Trinajstić information content (AvgIpc) is 2.56. The SMILES string of the molecule is C=C/C=C1/C(=C2CCNCC2)C(/C=C\C)=C(C=C)S/C1=C/C. The highest BCUT2D eigenvalue weighted by molar-refractivity contribution is 8.07. The second-order valence-electron chi connectivity index (χ2n) is 5.28. The Labute approximate surface area is 139 Å². The normalized spacial score (nSPS) is 23.7. The smallest absolute Gasteiger partial charge is 0.0195 e. The molecule has 0 spiro atoms. The maximum Gasteiger partial charge on any atom is 0.0195 e. The Morgan fingerprint density at radius 2 is 1.86 bits per heavy atom. The number of allylic oxidation sites excluding steroid dienone is 9. The molecule has 0 aromatic carbocycles. The molecular formula is C20H25NS. The highest BCUT2D eigenvalue weighted by atomic mass is 32.2. The van der Waals surface area contributed by atoms with Gasteiger partial charge in [0.1, 0.15) is 0 Å². The fraction of sp³-hybridized carbons (Fsp3) is 0.300. The summed E-state index contributed by atoms with van der Waals surface area (Å²) in [5, 5.41) is 3.45. The van der Waals surface area contributed by atoms with Gasteiger partial charge in [-0.1, -0.05) is 66.9 Å². The molecule has 2 heterocycles. The van der Waals surface area contributed by atoms with Gasteiger partial charge in [-0.2, -0.15) is 0 Å². The van der Waals surface area contributed by atoms with Crippen molar-refractivity contribution in [2.45, 2.75) is 26.7 Å². The van der Waals surface area contributed by atoms with Crippen LogP contribution < -0.4 is 5.32 Å². The molecule has 2 aliphatic rings. The van der Waals surface area contributed by atoms with E-state index < -0.39 is 0 Å². The second-order valence-corrected chi connectivity index (χ2v) is 6.37. The number of thioether (sulfide) groups is 1. The molecule has 0 atom stereocenters. The highest BCUT2D eigenvalue weighted by Crippen LogP contribution is 2.47. The standard InChI is InChI=1S/C20H25NS/c1-5-9-16-18(7-3)22-19(8-4)17(10-6-2)20(16)15-11-13-21-14-12-15/h5-10,21H,1,4,11-14H2,2-3H3/b10-6-,16-9+,18-7+. The zero-order valence-corrected chi connectivity index (χ0v) is 14.4. The van der Waals surface area contributed by atoms with Gasteiger partial charge in [0, 0.05) is 9.81 Å². The minimum Gasteiger partial charge on any atom is -0.316 e. The van der Waals surface area contributed by atoms with Crippen LogP contribution in [0.1, 0.15) is 26.7 Å². The lowest BCUT2D eigenvalue weighted by atomic mass is 9.86. The summed E-state index contributed by atoms with van der Waals surface area (Å²) in [6.45, 7) is 14.2. The van der Waals surface area contributed by atoms with E-state index in [9.17, 15) is 0 Å². The summed E-state index contributed by atoms with van der Waals surface area (Å²) in [4.78, 5) is 2.54. The molecule has 0 aromatic rings. The van der Waals surface area contributed by atoms with Gasteiger partial charge in [0.2, 0.25) is 0 Å². The summed E-state index contributed by atoms with van der Waals surface area (Å²) in [7, 11) is 0. The third-order valence-corrected chi connectivity index (χ3v) is 5.20. The molecule has 0 saturated carbocycles. The number of nitrogens with one attached hydrogen (secondary N) is 1. The van der Waals surface area contributed by atoms with Crippen molar-refractivity contribution in [2.75, 3.05) is 13.1 Å². The lowest BCUT2D eigenvalue weighted by Gasteiger charge is -2.29. The molecule has 0 aliphatic carbocycles. The zero-order chi connectivity index (χ0) is 15.9. The Bertz CT molecular complexity index is 604. The quantitative estimate of drug-likeness (QED) is 0.744. The molecule has 116 valence electrons. The van der Waals surface area contributed by atoms with Crippen molar-refractivity contribution < 1.29 is 0 Å². The first kappa shape index (κ1) is 16.9. The molecule has 0 radical (unpaired) electrons. The summed E-state index contributed by atoms with van der Waals surface area (Å²) in [6, 6.07) is 0. The minimum atomic E-state index is 1.06. The maximum atomic E-state index is 4.02. The van der Waals surface area contributed by atoms with Gasteiger partial charge in [0.25, 0.3) is 0 Å². The van der Waals surface area contributed by atoms with Crippen molar-refractivity contribution in [3.05, 3.63) is 81.7 Å². The lowest BCUT2D eigenvalue weighted by molar-refractivity contribution is 0.606. The Hall–Kier alpha value is -1.51. The van der Waals surface area contributed by atoms with E-state index in [1.54, 1.807) is 17.3 Å². The Morgan fingerprint density at radius 1 is 1.14 bits per heavy atom. The molecule has 1 N–H and O–H groups in total. The van der Waals surface area contributed by atoms with Crippen LogP contribution in [0, 0.1) is 0 Å². The number of hydrogen-bond acceptors (Lipinski definition) is 2. The molecular weight excluding hydrogens is 286 g/mol. The molecule has 1 fully saturated rings. The van der Waals surface area contributed by atoms with Crippen molar-refractivity contribution in [3.63, 3.8) is 0 Å². The summed E-state index contributed by atoms with van der Waals surface area (Å²) in [5.74, 6) is 0. The Balaban J connectivity index is 2.74. The van der Waals surface area contributed by atoms with Crippen LogP contribution in [-0.2, 0) is 0 Å². The fourth-order valence-electron chi connectivity index (χ4n) is 2.96. The predicted molar refractivity (Wildman–Crippen MR) is 101 cm³/mol. The minimum absolute atomic E-state index is 1.06. The molecule has 0 bridgehead atoms. The van der Waals surface area contributed by atoms with Gasteiger partial charge in [0.05, 0.1) is 0 Å². The van der Waals surface area contributed by atoms with Gasteiger partial charge >= 0.3 is 0 Å². The second kappa shape index (κ2) is 8.21.